The molecule has 0 saturated heterocycles. The molecule has 0 fully saturated rings. The number of hydrogen-bond donors (Lipinski definition) is 0. The van der Waals surface area contributed by atoms with Crippen LogP contribution < -0.4 is 0 Å². The molecule has 23 heavy (non-hydrogen) atoms. The standard InChI is InChI=1S/C18H16ClFN2O/c1-21(11-12-3-6-14(19)7-4-12)18(23)17-9-13-5-8-15(20)10-16(13)22(17)2/h3-10H,11H2,1-2H3. The van der Waals surface area contributed by atoms with E-state index >= 15 is 0 Å². The first kappa shape index (κ1) is 15.6. The second-order valence-electron chi connectivity index (χ2n) is 5.58. The smallest absolute Gasteiger partial charge is 0.270 e. The second kappa shape index (κ2) is 6.05. The lowest BCUT2D eigenvalue weighted by molar-refractivity contribution is 0.0776. The minimum absolute atomic E-state index is 0.112. The molecule has 0 saturated carbocycles. The lowest BCUT2D eigenvalue weighted by atomic mass is 10.2. The fourth-order valence-electron chi connectivity index (χ4n) is 2.64. The molecule has 1 amide bonds. The van der Waals surface area contributed by atoms with E-state index in [4.69, 9.17) is 11.6 Å². The van der Waals surface area contributed by atoms with Crippen LogP contribution in [0.15, 0.2) is 48.5 Å². The number of aromatic nitrogens is 1. The molecule has 0 atom stereocenters. The number of benzene rings is 2. The quantitative estimate of drug-likeness (QED) is 0.705. The van der Waals surface area contributed by atoms with Crippen molar-refractivity contribution >= 4 is 28.4 Å². The zero-order valence-electron chi connectivity index (χ0n) is 12.9. The number of carbonyl (C=O) groups is 1. The summed E-state index contributed by atoms with van der Waals surface area (Å²) in [5.74, 6) is -0.425. The molecular weight excluding hydrogens is 315 g/mol. The maximum atomic E-state index is 13.4. The second-order valence-corrected chi connectivity index (χ2v) is 6.02. The summed E-state index contributed by atoms with van der Waals surface area (Å²) in [6, 6.07) is 13.7. The van der Waals surface area contributed by atoms with Crippen molar-refractivity contribution < 1.29 is 9.18 Å². The predicted octanol–water partition coefficient (Wildman–Crippen LogP) is 4.24. The molecule has 0 aliphatic heterocycles. The van der Waals surface area contributed by atoms with Gasteiger partial charge in [-0.05, 0) is 42.0 Å². The molecule has 118 valence electrons. The van der Waals surface area contributed by atoms with E-state index in [0.29, 0.717) is 22.8 Å². The maximum absolute atomic E-state index is 13.4. The van der Waals surface area contributed by atoms with Crippen molar-refractivity contribution in [1.29, 1.82) is 0 Å². The molecule has 1 heterocycles. The number of hydrogen-bond acceptors (Lipinski definition) is 1. The molecule has 0 spiro atoms. The summed E-state index contributed by atoms with van der Waals surface area (Å²) >= 11 is 5.87. The van der Waals surface area contributed by atoms with Gasteiger partial charge in [-0.1, -0.05) is 23.7 Å². The number of aryl methyl sites for hydroxylation is 1. The molecule has 3 nitrogen and oxygen atoms in total. The predicted molar refractivity (Wildman–Crippen MR) is 90.1 cm³/mol. The number of rotatable bonds is 3. The average Bonchev–Trinajstić information content (AvgIpc) is 2.85. The van der Waals surface area contributed by atoms with Crippen LogP contribution >= 0.6 is 11.6 Å². The van der Waals surface area contributed by atoms with E-state index < -0.39 is 0 Å². The number of nitrogens with zero attached hydrogens (tertiary/aromatic N) is 2. The molecule has 3 aromatic rings. The molecule has 0 aliphatic rings. The van der Waals surface area contributed by atoms with Crippen LogP contribution in [0.25, 0.3) is 10.9 Å². The first-order valence-electron chi connectivity index (χ1n) is 7.20. The van der Waals surface area contributed by atoms with E-state index in [1.54, 1.807) is 47.8 Å². The van der Waals surface area contributed by atoms with Crippen LogP contribution in [0.1, 0.15) is 16.1 Å². The summed E-state index contributed by atoms with van der Waals surface area (Å²) in [4.78, 5) is 14.3. The highest BCUT2D eigenvalue weighted by molar-refractivity contribution is 6.30. The Kier molecular flexibility index (Phi) is 4.09. The van der Waals surface area contributed by atoms with Crippen LogP contribution in [0.5, 0.6) is 0 Å². The molecule has 1 aromatic heterocycles. The molecular formula is C18H16ClFN2O. The van der Waals surface area contributed by atoms with Crippen LogP contribution in [-0.2, 0) is 13.6 Å². The van der Waals surface area contributed by atoms with Gasteiger partial charge in [-0.3, -0.25) is 4.79 Å². The van der Waals surface area contributed by atoms with E-state index in [9.17, 15) is 9.18 Å². The Labute approximate surface area is 138 Å². The van der Waals surface area contributed by atoms with Gasteiger partial charge in [0.2, 0.25) is 0 Å². The topological polar surface area (TPSA) is 25.2 Å². The molecule has 0 radical (unpaired) electrons. The number of halogens is 2. The molecule has 0 bridgehead atoms. The Morgan fingerprint density at radius 3 is 2.57 bits per heavy atom. The third kappa shape index (κ3) is 3.08. The van der Waals surface area contributed by atoms with Crippen LogP contribution in [0, 0.1) is 5.82 Å². The Bertz CT molecular complexity index is 871. The summed E-state index contributed by atoms with van der Waals surface area (Å²) in [7, 11) is 3.51. The molecule has 0 unspecified atom stereocenters. The fraction of sp³-hybridized carbons (Fsp3) is 0.167. The Balaban J connectivity index is 1.87. The van der Waals surface area contributed by atoms with Crippen molar-refractivity contribution in [2.24, 2.45) is 7.05 Å². The van der Waals surface area contributed by atoms with Gasteiger partial charge in [-0.25, -0.2) is 4.39 Å². The van der Waals surface area contributed by atoms with E-state index in [2.05, 4.69) is 0 Å². The van der Waals surface area contributed by atoms with Crippen molar-refractivity contribution in [3.05, 3.63) is 70.6 Å². The van der Waals surface area contributed by atoms with Gasteiger partial charge in [0, 0.05) is 31.0 Å². The van der Waals surface area contributed by atoms with Gasteiger partial charge in [0.25, 0.3) is 5.91 Å². The summed E-state index contributed by atoms with van der Waals surface area (Å²) in [6.07, 6.45) is 0. The van der Waals surface area contributed by atoms with Crippen molar-refractivity contribution in [3.8, 4) is 0 Å². The van der Waals surface area contributed by atoms with Crippen LogP contribution in [0.4, 0.5) is 4.39 Å². The minimum Gasteiger partial charge on any atom is -0.340 e. The SMILES string of the molecule is CN(Cc1ccc(Cl)cc1)C(=O)c1cc2ccc(F)cc2n1C. The Morgan fingerprint density at radius 2 is 1.87 bits per heavy atom. The summed E-state index contributed by atoms with van der Waals surface area (Å²) in [6.45, 7) is 0.478. The van der Waals surface area contributed by atoms with Crippen molar-refractivity contribution in [3.63, 3.8) is 0 Å². The number of fused-ring (bicyclic) bond motifs is 1. The van der Waals surface area contributed by atoms with Crippen LogP contribution in [0.3, 0.4) is 0 Å². The van der Waals surface area contributed by atoms with Gasteiger partial charge < -0.3 is 9.47 Å². The van der Waals surface area contributed by atoms with E-state index in [-0.39, 0.29) is 11.7 Å². The Morgan fingerprint density at radius 1 is 1.17 bits per heavy atom. The molecule has 5 heteroatoms. The number of amides is 1. The Hall–Kier alpha value is -2.33. The highest BCUT2D eigenvalue weighted by Crippen LogP contribution is 2.21. The number of carbonyl (C=O) groups excluding carboxylic acids is 1. The van der Waals surface area contributed by atoms with Gasteiger partial charge in [0.05, 0.1) is 5.52 Å². The monoisotopic (exact) mass is 330 g/mol. The van der Waals surface area contributed by atoms with Gasteiger partial charge in [0.15, 0.2) is 0 Å². The summed E-state index contributed by atoms with van der Waals surface area (Å²) in [5.41, 5.74) is 2.23. The van der Waals surface area contributed by atoms with Crippen molar-refractivity contribution in [1.82, 2.24) is 9.47 Å². The highest BCUT2D eigenvalue weighted by atomic mass is 35.5. The maximum Gasteiger partial charge on any atom is 0.270 e. The normalized spacial score (nSPS) is 11.0. The third-order valence-electron chi connectivity index (χ3n) is 3.91. The fourth-order valence-corrected chi connectivity index (χ4v) is 2.77. The minimum atomic E-state index is -0.313. The zero-order chi connectivity index (χ0) is 16.6. The van der Waals surface area contributed by atoms with Crippen LogP contribution in [-0.4, -0.2) is 22.4 Å². The molecule has 2 aromatic carbocycles. The lowest BCUT2D eigenvalue weighted by Crippen LogP contribution is -2.27. The third-order valence-corrected chi connectivity index (χ3v) is 4.16. The lowest BCUT2D eigenvalue weighted by Gasteiger charge is -2.17. The average molecular weight is 331 g/mol. The zero-order valence-corrected chi connectivity index (χ0v) is 13.6. The van der Waals surface area contributed by atoms with Gasteiger partial charge >= 0.3 is 0 Å². The summed E-state index contributed by atoms with van der Waals surface area (Å²) in [5, 5.41) is 1.51. The molecule has 0 N–H and O–H groups in total. The van der Waals surface area contributed by atoms with Gasteiger partial charge in [-0.2, -0.15) is 0 Å². The van der Waals surface area contributed by atoms with Gasteiger partial charge in [0.1, 0.15) is 11.5 Å². The highest BCUT2D eigenvalue weighted by Gasteiger charge is 2.17. The van der Waals surface area contributed by atoms with Crippen molar-refractivity contribution in [2.75, 3.05) is 7.05 Å². The van der Waals surface area contributed by atoms with Gasteiger partial charge in [-0.15, -0.1) is 0 Å². The molecule has 0 aliphatic carbocycles. The van der Waals surface area contributed by atoms with E-state index in [1.807, 2.05) is 12.1 Å². The van der Waals surface area contributed by atoms with Crippen LogP contribution in [0.2, 0.25) is 5.02 Å². The van der Waals surface area contributed by atoms with E-state index in [0.717, 1.165) is 10.9 Å². The van der Waals surface area contributed by atoms with Crippen molar-refractivity contribution in [2.45, 2.75) is 6.54 Å². The first-order valence-corrected chi connectivity index (χ1v) is 7.58. The first-order chi connectivity index (χ1) is 11.0. The van der Waals surface area contributed by atoms with E-state index in [1.165, 1.54) is 12.1 Å². The summed E-state index contributed by atoms with van der Waals surface area (Å²) < 4.78 is 15.1. The largest absolute Gasteiger partial charge is 0.340 e. The molecule has 3 rings (SSSR count).